The lowest BCUT2D eigenvalue weighted by molar-refractivity contribution is -0.138. The summed E-state index contributed by atoms with van der Waals surface area (Å²) in [6.45, 7) is 2.35. The van der Waals surface area contributed by atoms with E-state index in [-0.39, 0.29) is 17.7 Å². The summed E-state index contributed by atoms with van der Waals surface area (Å²) < 4.78 is 0. The average Bonchev–Trinajstić information content (AvgIpc) is 2.61. The van der Waals surface area contributed by atoms with Gasteiger partial charge in [-0.15, -0.1) is 0 Å². The predicted octanol–water partition coefficient (Wildman–Crippen LogP) is 2.60. The zero-order chi connectivity index (χ0) is 16.2. The number of hydrogen-bond acceptors (Lipinski definition) is 3. The quantitative estimate of drug-likeness (QED) is 0.834. The fourth-order valence-corrected chi connectivity index (χ4v) is 3.58. The maximum absolute atomic E-state index is 12.5. The van der Waals surface area contributed by atoms with Crippen molar-refractivity contribution in [2.45, 2.75) is 32.1 Å². The molecule has 2 heterocycles. The molecule has 2 fully saturated rings. The lowest BCUT2D eigenvalue weighted by Crippen LogP contribution is -2.52. The van der Waals surface area contributed by atoms with E-state index in [9.17, 15) is 9.59 Å². The average molecular weight is 336 g/mol. The van der Waals surface area contributed by atoms with E-state index >= 15 is 0 Å². The Bertz CT molecular complexity index is 579. The van der Waals surface area contributed by atoms with Gasteiger partial charge in [0.15, 0.2) is 0 Å². The van der Waals surface area contributed by atoms with Crippen LogP contribution in [0.2, 0.25) is 5.02 Å². The fourth-order valence-electron chi connectivity index (χ4n) is 3.42. The summed E-state index contributed by atoms with van der Waals surface area (Å²) in [7, 11) is 0. The normalized spacial score (nSPS) is 19.7. The smallest absolute Gasteiger partial charge is 0.272 e. The second-order valence-electron chi connectivity index (χ2n) is 6.31. The van der Waals surface area contributed by atoms with Crippen LogP contribution in [0, 0.1) is 5.92 Å². The second-order valence-corrected chi connectivity index (χ2v) is 6.75. The third-order valence-electron chi connectivity index (χ3n) is 4.77. The number of carbonyl (C=O) groups excluding carboxylic acids is 2. The molecule has 1 aromatic rings. The Morgan fingerprint density at radius 3 is 2.35 bits per heavy atom. The van der Waals surface area contributed by atoms with Crippen LogP contribution in [0.25, 0.3) is 0 Å². The molecule has 124 valence electrons. The first-order valence-corrected chi connectivity index (χ1v) is 8.72. The molecule has 2 aliphatic rings. The third kappa shape index (κ3) is 3.83. The molecule has 5 nitrogen and oxygen atoms in total. The number of amides is 2. The van der Waals surface area contributed by atoms with Crippen molar-refractivity contribution in [3.05, 3.63) is 29.0 Å². The zero-order valence-electron chi connectivity index (χ0n) is 13.2. The highest BCUT2D eigenvalue weighted by atomic mass is 35.5. The number of pyridine rings is 1. The van der Waals surface area contributed by atoms with E-state index in [0.717, 1.165) is 25.7 Å². The molecule has 3 rings (SSSR count). The Balaban J connectivity index is 1.55. The van der Waals surface area contributed by atoms with Gasteiger partial charge in [0.05, 0.1) is 0 Å². The molecule has 0 spiro atoms. The van der Waals surface area contributed by atoms with Crippen LogP contribution in [0.4, 0.5) is 0 Å². The number of aromatic nitrogens is 1. The standard InChI is InChI=1S/C17H22ClN3O2/c18-14-6-7-19-15(12-14)17(23)21-10-8-20(9-11-21)16(22)13-4-2-1-3-5-13/h6-7,12-13H,1-5,8-11H2. The molecule has 1 aromatic heterocycles. The van der Waals surface area contributed by atoms with Crippen molar-refractivity contribution in [3.8, 4) is 0 Å². The van der Waals surface area contributed by atoms with Gasteiger partial charge < -0.3 is 9.80 Å². The van der Waals surface area contributed by atoms with E-state index in [1.807, 2.05) is 4.90 Å². The lowest BCUT2D eigenvalue weighted by atomic mass is 9.88. The molecule has 0 bridgehead atoms. The summed E-state index contributed by atoms with van der Waals surface area (Å²) in [6.07, 6.45) is 7.15. The van der Waals surface area contributed by atoms with Gasteiger partial charge in [-0.1, -0.05) is 30.9 Å². The number of hydrogen-bond donors (Lipinski definition) is 0. The van der Waals surface area contributed by atoms with Gasteiger partial charge in [0.25, 0.3) is 5.91 Å². The van der Waals surface area contributed by atoms with E-state index in [4.69, 9.17) is 11.6 Å². The molecule has 2 amide bonds. The first kappa shape index (κ1) is 16.2. The van der Waals surface area contributed by atoms with Gasteiger partial charge in [-0.05, 0) is 25.0 Å². The highest BCUT2D eigenvalue weighted by molar-refractivity contribution is 6.30. The summed E-state index contributed by atoms with van der Waals surface area (Å²) in [6, 6.07) is 3.24. The van der Waals surface area contributed by atoms with E-state index in [1.165, 1.54) is 6.42 Å². The molecule has 1 saturated carbocycles. The largest absolute Gasteiger partial charge is 0.339 e. The van der Waals surface area contributed by atoms with E-state index in [2.05, 4.69) is 4.98 Å². The summed E-state index contributed by atoms with van der Waals surface area (Å²) in [5, 5.41) is 0.509. The highest BCUT2D eigenvalue weighted by Gasteiger charge is 2.30. The monoisotopic (exact) mass is 335 g/mol. The van der Waals surface area contributed by atoms with Crippen molar-refractivity contribution in [2.24, 2.45) is 5.92 Å². The predicted molar refractivity (Wildman–Crippen MR) is 88.3 cm³/mol. The van der Waals surface area contributed by atoms with Crippen LogP contribution in [-0.2, 0) is 4.79 Å². The van der Waals surface area contributed by atoms with E-state index in [1.54, 1.807) is 23.2 Å². The molecule has 23 heavy (non-hydrogen) atoms. The molecule has 1 saturated heterocycles. The van der Waals surface area contributed by atoms with Gasteiger partial charge in [-0.25, -0.2) is 0 Å². The molecular weight excluding hydrogens is 314 g/mol. The van der Waals surface area contributed by atoms with Crippen molar-refractivity contribution in [3.63, 3.8) is 0 Å². The van der Waals surface area contributed by atoms with Gasteiger partial charge in [-0.2, -0.15) is 0 Å². The zero-order valence-corrected chi connectivity index (χ0v) is 14.0. The first-order chi connectivity index (χ1) is 11.1. The molecule has 0 aromatic carbocycles. The van der Waals surface area contributed by atoms with E-state index < -0.39 is 0 Å². The fraction of sp³-hybridized carbons (Fsp3) is 0.588. The molecule has 0 unspecified atom stereocenters. The van der Waals surface area contributed by atoms with Crippen LogP contribution >= 0.6 is 11.6 Å². The summed E-state index contributed by atoms with van der Waals surface area (Å²) in [5.41, 5.74) is 0.365. The number of carbonyl (C=O) groups is 2. The van der Waals surface area contributed by atoms with Crippen LogP contribution in [0.3, 0.4) is 0 Å². The molecule has 0 atom stereocenters. The van der Waals surface area contributed by atoms with Crippen molar-refractivity contribution in [1.82, 2.24) is 14.8 Å². The molecular formula is C17H22ClN3O2. The highest BCUT2D eigenvalue weighted by Crippen LogP contribution is 2.26. The van der Waals surface area contributed by atoms with Gasteiger partial charge in [0.1, 0.15) is 5.69 Å². The summed E-state index contributed by atoms with van der Waals surface area (Å²) in [4.78, 5) is 32.7. The van der Waals surface area contributed by atoms with Crippen molar-refractivity contribution in [1.29, 1.82) is 0 Å². The Morgan fingerprint density at radius 2 is 1.70 bits per heavy atom. The van der Waals surface area contributed by atoms with Crippen LogP contribution in [0.15, 0.2) is 18.3 Å². The van der Waals surface area contributed by atoms with Crippen molar-refractivity contribution < 1.29 is 9.59 Å². The maximum Gasteiger partial charge on any atom is 0.272 e. The van der Waals surface area contributed by atoms with Gasteiger partial charge in [0, 0.05) is 43.3 Å². The Hall–Kier alpha value is -1.62. The molecule has 0 N–H and O–H groups in total. The minimum Gasteiger partial charge on any atom is -0.339 e. The molecule has 1 aliphatic heterocycles. The van der Waals surface area contributed by atoms with Gasteiger partial charge in [-0.3, -0.25) is 14.6 Å². The van der Waals surface area contributed by atoms with Gasteiger partial charge >= 0.3 is 0 Å². The minimum atomic E-state index is -0.114. The van der Waals surface area contributed by atoms with Crippen LogP contribution in [-0.4, -0.2) is 52.8 Å². The number of nitrogens with zero attached hydrogens (tertiary/aromatic N) is 3. The van der Waals surface area contributed by atoms with Gasteiger partial charge in [0.2, 0.25) is 5.91 Å². The topological polar surface area (TPSA) is 53.5 Å². The SMILES string of the molecule is O=C(c1cc(Cl)ccn1)N1CCN(C(=O)C2CCCCC2)CC1. The minimum absolute atomic E-state index is 0.114. The number of halogens is 1. The number of rotatable bonds is 2. The molecule has 0 radical (unpaired) electrons. The van der Waals surface area contributed by atoms with Crippen LogP contribution in [0.5, 0.6) is 0 Å². The van der Waals surface area contributed by atoms with Crippen molar-refractivity contribution >= 4 is 23.4 Å². The van der Waals surface area contributed by atoms with Crippen molar-refractivity contribution in [2.75, 3.05) is 26.2 Å². The molecule has 1 aliphatic carbocycles. The lowest BCUT2D eigenvalue weighted by Gasteiger charge is -2.37. The Kier molecular flexibility index (Phi) is 5.16. The third-order valence-corrected chi connectivity index (χ3v) is 5.01. The first-order valence-electron chi connectivity index (χ1n) is 8.35. The summed E-state index contributed by atoms with van der Waals surface area (Å²) >= 11 is 5.91. The Morgan fingerprint density at radius 1 is 1.04 bits per heavy atom. The summed E-state index contributed by atoms with van der Waals surface area (Å²) in [5.74, 6) is 0.357. The van der Waals surface area contributed by atoms with Crippen LogP contribution < -0.4 is 0 Å². The Labute approximate surface area is 141 Å². The second kappa shape index (κ2) is 7.30. The molecule has 6 heteroatoms. The van der Waals surface area contributed by atoms with E-state index in [0.29, 0.717) is 36.9 Å². The van der Waals surface area contributed by atoms with Crippen LogP contribution in [0.1, 0.15) is 42.6 Å². The number of piperazine rings is 1. The maximum atomic E-state index is 12.5.